The molecular formula is C15H28O2. The largest absolute Gasteiger partial charge is 0.381 e. The van der Waals surface area contributed by atoms with Crippen molar-refractivity contribution in [2.24, 2.45) is 17.8 Å². The standard InChI is InChI=1S/C15H28O2/c1-13(11-15-3-2-8-17-12-15)4-5-14-6-9-16-10-7-14/h13-15H,2-12H2,1H3. The Morgan fingerprint density at radius 3 is 2.53 bits per heavy atom. The quantitative estimate of drug-likeness (QED) is 0.730. The van der Waals surface area contributed by atoms with Crippen molar-refractivity contribution in [2.75, 3.05) is 26.4 Å². The topological polar surface area (TPSA) is 18.5 Å². The molecule has 0 aromatic rings. The van der Waals surface area contributed by atoms with Gasteiger partial charge in [0.15, 0.2) is 0 Å². The fourth-order valence-corrected chi connectivity index (χ4v) is 3.24. The first-order valence-electron chi connectivity index (χ1n) is 7.50. The van der Waals surface area contributed by atoms with Crippen LogP contribution in [-0.4, -0.2) is 26.4 Å². The summed E-state index contributed by atoms with van der Waals surface area (Å²) in [5.41, 5.74) is 0. The summed E-state index contributed by atoms with van der Waals surface area (Å²) in [7, 11) is 0. The van der Waals surface area contributed by atoms with Crippen LogP contribution in [0.4, 0.5) is 0 Å². The number of ether oxygens (including phenoxy) is 2. The van der Waals surface area contributed by atoms with Crippen LogP contribution in [0.3, 0.4) is 0 Å². The normalized spacial score (nSPS) is 29.1. The highest BCUT2D eigenvalue weighted by molar-refractivity contribution is 4.69. The zero-order valence-corrected chi connectivity index (χ0v) is 11.3. The van der Waals surface area contributed by atoms with Gasteiger partial charge in [0.1, 0.15) is 0 Å². The molecule has 100 valence electrons. The Morgan fingerprint density at radius 1 is 1.00 bits per heavy atom. The number of hydrogen-bond acceptors (Lipinski definition) is 2. The van der Waals surface area contributed by atoms with Gasteiger partial charge in [-0.25, -0.2) is 0 Å². The smallest absolute Gasteiger partial charge is 0.0494 e. The lowest BCUT2D eigenvalue weighted by Crippen LogP contribution is -2.20. The maximum atomic E-state index is 5.56. The van der Waals surface area contributed by atoms with Gasteiger partial charge in [-0.3, -0.25) is 0 Å². The van der Waals surface area contributed by atoms with Gasteiger partial charge in [-0.2, -0.15) is 0 Å². The van der Waals surface area contributed by atoms with Gasteiger partial charge in [0, 0.05) is 26.4 Å². The maximum absolute atomic E-state index is 5.56. The van der Waals surface area contributed by atoms with Gasteiger partial charge in [-0.05, 0) is 49.9 Å². The summed E-state index contributed by atoms with van der Waals surface area (Å²) in [6.07, 6.45) is 9.44. The minimum atomic E-state index is 0.841. The molecule has 2 aliphatic heterocycles. The molecule has 0 radical (unpaired) electrons. The van der Waals surface area contributed by atoms with Crippen molar-refractivity contribution in [3.8, 4) is 0 Å². The summed E-state index contributed by atoms with van der Waals surface area (Å²) >= 11 is 0. The molecule has 2 nitrogen and oxygen atoms in total. The van der Waals surface area contributed by atoms with E-state index in [0.29, 0.717) is 0 Å². The molecule has 2 fully saturated rings. The molecule has 2 unspecified atom stereocenters. The van der Waals surface area contributed by atoms with Crippen LogP contribution in [0.15, 0.2) is 0 Å². The molecule has 2 heteroatoms. The molecule has 0 saturated carbocycles. The molecular weight excluding hydrogens is 212 g/mol. The van der Waals surface area contributed by atoms with Gasteiger partial charge >= 0.3 is 0 Å². The summed E-state index contributed by atoms with van der Waals surface area (Å²) in [5, 5.41) is 0. The van der Waals surface area contributed by atoms with Crippen molar-refractivity contribution >= 4 is 0 Å². The van der Waals surface area contributed by atoms with Crippen LogP contribution in [0.25, 0.3) is 0 Å². The van der Waals surface area contributed by atoms with E-state index in [1.807, 2.05) is 0 Å². The summed E-state index contributed by atoms with van der Waals surface area (Å²) < 4.78 is 11.0. The first-order valence-corrected chi connectivity index (χ1v) is 7.50. The zero-order chi connectivity index (χ0) is 11.9. The molecule has 0 aliphatic carbocycles. The number of hydrogen-bond donors (Lipinski definition) is 0. The third-order valence-electron chi connectivity index (χ3n) is 4.40. The number of rotatable bonds is 5. The Hall–Kier alpha value is -0.0800. The van der Waals surface area contributed by atoms with Gasteiger partial charge in [0.05, 0.1) is 0 Å². The Morgan fingerprint density at radius 2 is 1.82 bits per heavy atom. The summed E-state index contributed by atoms with van der Waals surface area (Å²) in [6.45, 7) is 6.42. The summed E-state index contributed by atoms with van der Waals surface area (Å²) in [4.78, 5) is 0. The lowest BCUT2D eigenvalue weighted by Gasteiger charge is -2.27. The van der Waals surface area contributed by atoms with E-state index in [9.17, 15) is 0 Å². The molecule has 2 saturated heterocycles. The Labute approximate surface area is 106 Å². The van der Waals surface area contributed by atoms with Crippen LogP contribution in [0.5, 0.6) is 0 Å². The van der Waals surface area contributed by atoms with Crippen molar-refractivity contribution in [1.29, 1.82) is 0 Å². The fourth-order valence-electron chi connectivity index (χ4n) is 3.24. The molecule has 0 bridgehead atoms. The Balaban J connectivity index is 1.57. The third-order valence-corrected chi connectivity index (χ3v) is 4.40. The minimum Gasteiger partial charge on any atom is -0.381 e. The molecule has 17 heavy (non-hydrogen) atoms. The molecule has 0 amide bonds. The van der Waals surface area contributed by atoms with Gasteiger partial charge in [0.2, 0.25) is 0 Å². The minimum absolute atomic E-state index is 0.841. The zero-order valence-electron chi connectivity index (χ0n) is 11.3. The Kier molecular flexibility index (Phi) is 5.79. The Bertz CT molecular complexity index is 193. The third kappa shape index (κ3) is 4.97. The van der Waals surface area contributed by atoms with E-state index < -0.39 is 0 Å². The highest BCUT2D eigenvalue weighted by Gasteiger charge is 2.19. The van der Waals surface area contributed by atoms with Gasteiger partial charge < -0.3 is 9.47 Å². The lowest BCUT2D eigenvalue weighted by atomic mass is 9.85. The molecule has 2 atom stereocenters. The van der Waals surface area contributed by atoms with E-state index in [-0.39, 0.29) is 0 Å². The first-order chi connectivity index (χ1) is 8.34. The predicted molar refractivity (Wildman–Crippen MR) is 70.1 cm³/mol. The van der Waals surface area contributed by atoms with Crippen molar-refractivity contribution in [1.82, 2.24) is 0 Å². The van der Waals surface area contributed by atoms with Crippen LogP contribution in [-0.2, 0) is 9.47 Å². The predicted octanol–water partition coefficient (Wildman–Crippen LogP) is 3.65. The van der Waals surface area contributed by atoms with E-state index in [0.717, 1.165) is 44.2 Å². The van der Waals surface area contributed by atoms with E-state index in [4.69, 9.17) is 9.47 Å². The van der Waals surface area contributed by atoms with Gasteiger partial charge in [-0.1, -0.05) is 19.8 Å². The van der Waals surface area contributed by atoms with Crippen molar-refractivity contribution in [2.45, 2.75) is 51.9 Å². The molecule has 0 spiro atoms. The fraction of sp³-hybridized carbons (Fsp3) is 1.00. The highest BCUT2D eigenvalue weighted by Crippen LogP contribution is 2.27. The SMILES string of the molecule is CC(CCC1CCOCC1)CC1CCCOC1. The second-order valence-corrected chi connectivity index (χ2v) is 6.06. The monoisotopic (exact) mass is 240 g/mol. The molecule has 2 aliphatic rings. The van der Waals surface area contributed by atoms with Crippen LogP contribution >= 0.6 is 0 Å². The van der Waals surface area contributed by atoms with Crippen molar-refractivity contribution in [3.05, 3.63) is 0 Å². The second-order valence-electron chi connectivity index (χ2n) is 6.06. The molecule has 0 aromatic carbocycles. The summed E-state index contributed by atoms with van der Waals surface area (Å²) in [6, 6.07) is 0. The van der Waals surface area contributed by atoms with E-state index in [1.54, 1.807) is 0 Å². The molecule has 2 rings (SSSR count). The molecule has 0 aromatic heterocycles. The average Bonchev–Trinajstić information content (AvgIpc) is 2.39. The van der Waals surface area contributed by atoms with Gasteiger partial charge in [0.25, 0.3) is 0 Å². The van der Waals surface area contributed by atoms with Crippen LogP contribution in [0.2, 0.25) is 0 Å². The van der Waals surface area contributed by atoms with E-state index >= 15 is 0 Å². The van der Waals surface area contributed by atoms with E-state index in [1.165, 1.54) is 44.9 Å². The average molecular weight is 240 g/mol. The van der Waals surface area contributed by atoms with Crippen molar-refractivity contribution in [3.63, 3.8) is 0 Å². The van der Waals surface area contributed by atoms with Gasteiger partial charge in [-0.15, -0.1) is 0 Å². The lowest BCUT2D eigenvalue weighted by molar-refractivity contribution is 0.0430. The van der Waals surface area contributed by atoms with Crippen LogP contribution in [0.1, 0.15) is 51.9 Å². The molecule has 2 heterocycles. The first kappa shape index (κ1) is 13.4. The summed E-state index contributed by atoms with van der Waals surface area (Å²) in [5.74, 6) is 2.66. The second kappa shape index (κ2) is 7.38. The molecule has 0 N–H and O–H groups in total. The highest BCUT2D eigenvalue weighted by atomic mass is 16.5. The maximum Gasteiger partial charge on any atom is 0.0494 e. The van der Waals surface area contributed by atoms with Crippen LogP contribution < -0.4 is 0 Å². The van der Waals surface area contributed by atoms with Crippen molar-refractivity contribution < 1.29 is 9.47 Å². The van der Waals surface area contributed by atoms with Crippen LogP contribution in [0, 0.1) is 17.8 Å². The van der Waals surface area contributed by atoms with E-state index in [2.05, 4.69) is 6.92 Å².